The molecule has 1 atom stereocenters. The first kappa shape index (κ1) is 16.1. The monoisotopic (exact) mass is 295 g/mol. The van der Waals surface area contributed by atoms with Crippen molar-refractivity contribution in [2.75, 3.05) is 13.1 Å². The summed E-state index contributed by atoms with van der Waals surface area (Å²) in [4.78, 5) is 26.0. The van der Waals surface area contributed by atoms with Crippen LogP contribution in [-0.2, 0) is 4.79 Å². The Kier molecular flexibility index (Phi) is 6.33. The maximum absolute atomic E-state index is 12.2. The Hall–Kier alpha value is -1.26. The minimum absolute atomic E-state index is 0.0256. The number of hydrogen-bond donors (Lipinski definition) is 2. The fourth-order valence-corrected chi connectivity index (χ4v) is 3.37. The Morgan fingerprint density at radius 1 is 1.24 bits per heavy atom. The second kappa shape index (κ2) is 8.25. The molecule has 0 aromatic rings. The van der Waals surface area contributed by atoms with Crippen LogP contribution in [0.5, 0.6) is 0 Å². The van der Waals surface area contributed by atoms with E-state index in [0.29, 0.717) is 25.6 Å². The maximum atomic E-state index is 12.2. The Labute approximate surface area is 127 Å². The molecule has 0 bridgehead atoms. The number of hydrogen-bond acceptors (Lipinski definition) is 2. The van der Waals surface area contributed by atoms with E-state index in [1.807, 2.05) is 4.90 Å². The summed E-state index contributed by atoms with van der Waals surface area (Å²) < 4.78 is 0. The quantitative estimate of drug-likeness (QED) is 0.604. The molecule has 120 valence electrons. The van der Waals surface area contributed by atoms with Gasteiger partial charge in [0.1, 0.15) is 0 Å². The van der Waals surface area contributed by atoms with Crippen molar-refractivity contribution < 1.29 is 9.59 Å². The molecule has 3 amide bonds. The molecule has 21 heavy (non-hydrogen) atoms. The van der Waals surface area contributed by atoms with E-state index in [1.54, 1.807) is 0 Å². The molecule has 1 heterocycles. The molecule has 0 spiro atoms. The number of carbonyl (C=O) groups is 2. The molecular weight excluding hydrogens is 266 g/mol. The predicted molar refractivity (Wildman–Crippen MR) is 83.1 cm³/mol. The number of rotatable bonds is 5. The molecule has 1 aliphatic heterocycles. The summed E-state index contributed by atoms with van der Waals surface area (Å²) in [6, 6.07) is 0.237. The Bertz CT molecular complexity index is 351. The summed E-state index contributed by atoms with van der Waals surface area (Å²) in [6.45, 7) is 3.49. The van der Waals surface area contributed by atoms with E-state index in [1.165, 1.54) is 25.7 Å². The largest absolute Gasteiger partial charge is 0.338 e. The van der Waals surface area contributed by atoms with E-state index in [2.05, 4.69) is 17.6 Å². The molecule has 1 saturated carbocycles. The molecule has 2 aliphatic rings. The third-order valence-electron chi connectivity index (χ3n) is 4.58. The van der Waals surface area contributed by atoms with Crippen molar-refractivity contribution in [2.24, 2.45) is 0 Å². The van der Waals surface area contributed by atoms with Crippen LogP contribution in [0.2, 0.25) is 0 Å². The van der Waals surface area contributed by atoms with Crippen LogP contribution in [0.3, 0.4) is 0 Å². The summed E-state index contributed by atoms with van der Waals surface area (Å²) in [5, 5.41) is 5.79. The lowest BCUT2D eigenvalue weighted by molar-refractivity contribution is -0.129. The van der Waals surface area contributed by atoms with Gasteiger partial charge in [-0.15, -0.1) is 0 Å². The van der Waals surface area contributed by atoms with Crippen LogP contribution in [0.25, 0.3) is 0 Å². The molecule has 2 N–H and O–H groups in total. The number of unbranched alkanes of at least 4 members (excludes halogenated alkanes) is 1. The number of urea groups is 1. The first-order chi connectivity index (χ1) is 10.2. The van der Waals surface area contributed by atoms with E-state index < -0.39 is 0 Å². The lowest BCUT2D eigenvalue weighted by Crippen LogP contribution is -2.44. The van der Waals surface area contributed by atoms with Crippen LogP contribution in [0.15, 0.2) is 0 Å². The zero-order chi connectivity index (χ0) is 15.1. The Balaban J connectivity index is 1.77. The molecule has 5 nitrogen and oxygen atoms in total. The van der Waals surface area contributed by atoms with Gasteiger partial charge >= 0.3 is 6.03 Å². The standard InChI is InChI=1S/C16H29N3O2/c1-2-3-10-17-16(21)18-13-11-15(20)19(12-13)14-8-6-4-5-7-9-14/h13-14H,2-12H2,1H3,(H2,17,18,21)/t13-/m1/s1. The first-order valence-electron chi connectivity index (χ1n) is 8.54. The number of carbonyl (C=O) groups excluding carboxylic acids is 2. The number of nitrogens with zero attached hydrogens (tertiary/aromatic N) is 1. The van der Waals surface area contributed by atoms with Crippen molar-refractivity contribution in [1.82, 2.24) is 15.5 Å². The number of likely N-dealkylation sites (tertiary alicyclic amines) is 1. The zero-order valence-corrected chi connectivity index (χ0v) is 13.2. The topological polar surface area (TPSA) is 61.4 Å². The van der Waals surface area contributed by atoms with Gasteiger partial charge in [0, 0.05) is 25.6 Å². The molecule has 5 heteroatoms. The SMILES string of the molecule is CCCCNC(=O)N[C@@H]1CC(=O)N(C2CCCCCC2)C1. The van der Waals surface area contributed by atoms with Gasteiger partial charge in [-0.3, -0.25) is 4.79 Å². The van der Waals surface area contributed by atoms with Crippen molar-refractivity contribution in [2.45, 2.75) is 76.8 Å². The van der Waals surface area contributed by atoms with Gasteiger partial charge in [-0.05, 0) is 19.3 Å². The third-order valence-corrected chi connectivity index (χ3v) is 4.58. The lowest BCUT2D eigenvalue weighted by Gasteiger charge is -2.27. The van der Waals surface area contributed by atoms with E-state index in [9.17, 15) is 9.59 Å². The van der Waals surface area contributed by atoms with Crippen molar-refractivity contribution in [3.05, 3.63) is 0 Å². The Morgan fingerprint density at radius 2 is 1.95 bits per heavy atom. The molecule has 2 fully saturated rings. The second-order valence-corrected chi connectivity index (χ2v) is 6.35. The molecule has 0 aromatic carbocycles. The minimum atomic E-state index is -0.135. The van der Waals surface area contributed by atoms with Crippen LogP contribution >= 0.6 is 0 Å². The number of amides is 3. The molecular formula is C16H29N3O2. The van der Waals surface area contributed by atoms with Crippen LogP contribution in [0.1, 0.15) is 64.7 Å². The van der Waals surface area contributed by atoms with Crippen molar-refractivity contribution in [3.63, 3.8) is 0 Å². The third kappa shape index (κ3) is 4.90. The van der Waals surface area contributed by atoms with E-state index in [4.69, 9.17) is 0 Å². The van der Waals surface area contributed by atoms with Gasteiger partial charge < -0.3 is 15.5 Å². The molecule has 0 aromatic heterocycles. The lowest BCUT2D eigenvalue weighted by atomic mass is 10.1. The molecule has 1 saturated heterocycles. The Morgan fingerprint density at radius 3 is 2.62 bits per heavy atom. The summed E-state index contributed by atoms with van der Waals surface area (Å²) in [6.07, 6.45) is 9.80. The van der Waals surface area contributed by atoms with Gasteiger partial charge in [-0.2, -0.15) is 0 Å². The predicted octanol–water partition coefficient (Wildman–Crippen LogP) is 2.41. The minimum Gasteiger partial charge on any atom is -0.338 e. The van der Waals surface area contributed by atoms with Gasteiger partial charge in [-0.25, -0.2) is 4.79 Å². The average Bonchev–Trinajstić information content (AvgIpc) is 2.67. The van der Waals surface area contributed by atoms with Gasteiger partial charge in [0.15, 0.2) is 0 Å². The molecule has 2 rings (SSSR count). The fraction of sp³-hybridized carbons (Fsp3) is 0.875. The van der Waals surface area contributed by atoms with E-state index in [0.717, 1.165) is 25.7 Å². The number of nitrogens with one attached hydrogen (secondary N) is 2. The maximum Gasteiger partial charge on any atom is 0.315 e. The van der Waals surface area contributed by atoms with Crippen molar-refractivity contribution in [1.29, 1.82) is 0 Å². The average molecular weight is 295 g/mol. The zero-order valence-electron chi connectivity index (χ0n) is 13.2. The summed E-state index contributed by atoms with van der Waals surface area (Å²) in [7, 11) is 0. The van der Waals surface area contributed by atoms with Crippen LogP contribution in [0, 0.1) is 0 Å². The fourth-order valence-electron chi connectivity index (χ4n) is 3.37. The highest BCUT2D eigenvalue weighted by atomic mass is 16.2. The van der Waals surface area contributed by atoms with Gasteiger partial charge in [0.25, 0.3) is 0 Å². The van der Waals surface area contributed by atoms with Crippen molar-refractivity contribution >= 4 is 11.9 Å². The van der Waals surface area contributed by atoms with Crippen LogP contribution in [-0.4, -0.2) is 42.0 Å². The highest BCUT2D eigenvalue weighted by Gasteiger charge is 2.34. The van der Waals surface area contributed by atoms with E-state index >= 15 is 0 Å². The highest BCUT2D eigenvalue weighted by molar-refractivity contribution is 5.81. The van der Waals surface area contributed by atoms with Crippen LogP contribution in [0.4, 0.5) is 4.79 Å². The molecule has 0 radical (unpaired) electrons. The van der Waals surface area contributed by atoms with Crippen LogP contribution < -0.4 is 10.6 Å². The summed E-state index contributed by atoms with van der Waals surface area (Å²) >= 11 is 0. The van der Waals surface area contributed by atoms with E-state index in [-0.39, 0.29) is 18.0 Å². The first-order valence-corrected chi connectivity index (χ1v) is 8.54. The smallest absolute Gasteiger partial charge is 0.315 e. The molecule has 0 unspecified atom stereocenters. The van der Waals surface area contributed by atoms with Gasteiger partial charge in [-0.1, -0.05) is 39.0 Å². The van der Waals surface area contributed by atoms with Gasteiger partial charge in [0.05, 0.1) is 6.04 Å². The normalized spacial score (nSPS) is 24.0. The summed E-state index contributed by atoms with van der Waals surface area (Å²) in [5.74, 6) is 0.209. The van der Waals surface area contributed by atoms with Gasteiger partial charge in [0.2, 0.25) is 5.91 Å². The van der Waals surface area contributed by atoms with Crippen molar-refractivity contribution in [3.8, 4) is 0 Å². The summed E-state index contributed by atoms with van der Waals surface area (Å²) in [5.41, 5.74) is 0. The second-order valence-electron chi connectivity index (χ2n) is 6.35. The highest BCUT2D eigenvalue weighted by Crippen LogP contribution is 2.25. The molecule has 1 aliphatic carbocycles.